The lowest BCUT2D eigenvalue weighted by atomic mass is 9.85. The fourth-order valence-electron chi connectivity index (χ4n) is 1.80. The summed E-state index contributed by atoms with van der Waals surface area (Å²) in [6.07, 6.45) is 4.20. The van der Waals surface area contributed by atoms with Crippen molar-refractivity contribution >= 4 is 11.9 Å². The van der Waals surface area contributed by atoms with Crippen LogP contribution in [0, 0.1) is 5.41 Å². The predicted molar refractivity (Wildman–Crippen MR) is 51.3 cm³/mol. The summed E-state index contributed by atoms with van der Waals surface area (Å²) < 4.78 is 4.88. The van der Waals surface area contributed by atoms with E-state index in [1.807, 2.05) is 0 Å². The number of esters is 1. The van der Waals surface area contributed by atoms with Crippen molar-refractivity contribution in [2.75, 3.05) is 6.61 Å². The minimum absolute atomic E-state index is 0.133. The number of carbonyl (C=O) groups excluding carboxylic acids is 2. The van der Waals surface area contributed by atoms with Gasteiger partial charge in [0.05, 0.1) is 0 Å². The number of nitrogens with two attached hydrogens (primary N) is 1. The number of primary amides is 1. The summed E-state index contributed by atoms with van der Waals surface area (Å²) in [5.74, 6) is -1.06. The Bertz CT molecular complexity index is 254. The maximum atomic E-state index is 11.6. The number of rotatable bonds is 4. The molecule has 1 amide bonds. The first-order valence-electron chi connectivity index (χ1n) is 4.71. The number of amides is 1. The molecule has 4 heteroatoms. The van der Waals surface area contributed by atoms with Crippen LogP contribution < -0.4 is 5.73 Å². The molecule has 2 N–H and O–H groups in total. The highest BCUT2D eigenvalue weighted by Crippen LogP contribution is 2.38. The minimum atomic E-state index is -1.07. The van der Waals surface area contributed by atoms with Crippen molar-refractivity contribution in [3.63, 3.8) is 0 Å². The standard InChI is InChI=1S/C10H15NO3/c1-2-7-14-9(13)10(8(11)12)5-3-4-6-10/h2H,1,3-7H2,(H2,11,12). The van der Waals surface area contributed by atoms with Crippen LogP contribution in [-0.2, 0) is 14.3 Å². The topological polar surface area (TPSA) is 69.4 Å². The predicted octanol–water partition coefficient (Wildman–Crippen LogP) is 0.761. The van der Waals surface area contributed by atoms with Crippen LogP contribution in [0.15, 0.2) is 12.7 Å². The van der Waals surface area contributed by atoms with E-state index >= 15 is 0 Å². The van der Waals surface area contributed by atoms with Crippen LogP contribution in [-0.4, -0.2) is 18.5 Å². The molecule has 4 nitrogen and oxygen atoms in total. The van der Waals surface area contributed by atoms with Crippen molar-refractivity contribution in [2.24, 2.45) is 11.1 Å². The third kappa shape index (κ3) is 1.78. The molecule has 0 heterocycles. The number of ether oxygens (including phenoxy) is 1. The fourth-order valence-corrected chi connectivity index (χ4v) is 1.80. The van der Waals surface area contributed by atoms with Gasteiger partial charge in [-0.1, -0.05) is 25.5 Å². The first-order chi connectivity index (χ1) is 6.63. The molecule has 78 valence electrons. The van der Waals surface area contributed by atoms with Gasteiger partial charge in [-0.3, -0.25) is 9.59 Å². The van der Waals surface area contributed by atoms with Crippen molar-refractivity contribution in [1.29, 1.82) is 0 Å². The second kappa shape index (κ2) is 4.26. The van der Waals surface area contributed by atoms with Gasteiger partial charge in [-0.2, -0.15) is 0 Å². The number of hydrogen-bond donors (Lipinski definition) is 1. The zero-order valence-electron chi connectivity index (χ0n) is 8.12. The summed E-state index contributed by atoms with van der Waals surface area (Å²) in [6.45, 7) is 3.57. The average molecular weight is 197 g/mol. The molecule has 0 radical (unpaired) electrons. The molecule has 0 aromatic rings. The SMILES string of the molecule is C=CCOC(=O)C1(C(N)=O)CCCC1. The molecule has 1 saturated carbocycles. The van der Waals surface area contributed by atoms with Crippen molar-refractivity contribution in [3.8, 4) is 0 Å². The molecule has 0 aliphatic heterocycles. The third-order valence-corrected chi connectivity index (χ3v) is 2.65. The van der Waals surface area contributed by atoms with Crippen LogP contribution >= 0.6 is 0 Å². The Labute approximate surface area is 83.1 Å². The van der Waals surface area contributed by atoms with Gasteiger partial charge in [-0.25, -0.2) is 0 Å². The molecule has 1 fully saturated rings. The smallest absolute Gasteiger partial charge is 0.321 e. The molecule has 0 unspecified atom stereocenters. The Balaban J connectivity index is 2.72. The average Bonchev–Trinajstić information content (AvgIpc) is 2.63. The molecule has 14 heavy (non-hydrogen) atoms. The maximum Gasteiger partial charge on any atom is 0.321 e. The van der Waals surface area contributed by atoms with E-state index in [9.17, 15) is 9.59 Å². The molecular weight excluding hydrogens is 182 g/mol. The van der Waals surface area contributed by atoms with E-state index in [1.165, 1.54) is 6.08 Å². The first-order valence-corrected chi connectivity index (χ1v) is 4.71. The van der Waals surface area contributed by atoms with Gasteiger partial charge in [0.2, 0.25) is 5.91 Å². The molecular formula is C10H15NO3. The lowest BCUT2D eigenvalue weighted by Crippen LogP contribution is -2.42. The quantitative estimate of drug-likeness (QED) is 0.411. The number of carbonyl (C=O) groups is 2. The monoisotopic (exact) mass is 197 g/mol. The first kappa shape index (κ1) is 10.8. The molecule has 0 spiro atoms. The zero-order chi connectivity index (χ0) is 10.6. The van der Waals surface area contributed by atoms with Crippen LogP contribution in [0.25, 0.3) is 0 Å². The fraction of sp³-hybridized carbons (Fsp3) is 0.600. The van der Waals surface area contributed by atoms with Crippen molar-refractivity contribution < 1.29 is 14.3 Å². The van der Waals surface area contributed by atoms with Gasteiger partial charge in [-0.15, -0.1) is 0 Å². The molecule has 0 aromatic heterocycles. The van der Waals surface area contributed by atoms with Crippen LogP contribution in [0.5, 0.6) is 0 Å². The van der Waals surface area contributed by atoms with E-state index in [4.69, 9.17) is 10.5 Å². The van der Waals surface area contributed by atoms with Crippen molar-refractivity contribution in [3.05, 3.63) is 12.7 Å². The summed E-state index contributed by atoms with van der Waals surface area (Å²) >= 11 is 0. The number of hydrogen-bond acceptors (Lipinski definition) is 3. The Morgan fingerprint density at radius 2 is 2.00 bits per heavy atom. The Kier molecular flexibility index (Phi) is 3.28. The van der Waals surface area contributed by atoms with Gasteiger partial charge >= 0.3 is 5.97 Å². The molecule has 1 aliphatic carbocycles. The van der Waals surface area contributed by atoms with Crippen LogP contribution in [0.2, 0.25) is 0 Å². The van der Waals surface area contributed by atoms with Crippen molar-refractivity contribution in [1.82, 2.24) is 0 Å². The van der Waals surface area contributed by atoms with Gasteiger partial charge in [-0.05, 0) is 12.8 Å². The minimum Gasteiger partial charge on any atom is -0.461 e. The second-order valence-corrected chi connectivity index (χ2v) is 3.54. The lowest BCUT2D eigenvalue weighted by molar-refractivity contribution is -0.158. The summed E-state index contributed by atoms with van der Waals surface area (Å²) in [4.78, 5) is 22.8. The molecule has 0 atom stereocenters. The zero-order valence-corrected chi connectivity index (χ0v) is 8.12. The largest absolute Gasteiger partial charge is 0.461 e. The third-order valence-electron chi connectivity index (χ3n) is 2.65. The van der Waals surface area contributed by atoms with Crippen molar-refractivity contribution in [2.45, 2.75) is 25.7 Å². The van der Waals surface area contributed by atoms with E-state index in [0.29, 0.717) is 12.8 Å². The molecule has 0 saturated heterocycles. The van der Waals surface area contributed by atoms with E-state index in [0.717, 1.165) is 12.8 Å². The molecule has 0 aromatic carbocycles. The Morgan fingerprint density at radius 1 is 1.43 bits per heavy atom. The normalized spacial score (nSPS) is 18.9. The van der Waals surface area contributed by atoms with Crippen LogP contribution in [0.4, 0.5) is 0 Å². The summed E-state index contributed by atoms with van der Waals surface area (Å²) in [5.41, 5.74) is 4.17. The van der Waals surface area contributed by atoms with Crippen LogP contribution in [0.1, 0.15) is 25.7 Å². The van der Waals surface area contributed by atoms with E-state index in [-0.39, 0.29) is 6.61 Å². The van der Waals surface area contributed by atoms with E-state index < -0.39 is 17.3 Å². The second-order valence-electron chi connectivity index (χ2n) is 3.54. The van der Waals surface area contributed by atoms with Gasteiger partial charge in [0.15, 0.2) is 0 Å². The summed E-state index contributed by atoms with van der Waals surface area (Å²) in [7, 11) is 0. The lowest BCUT2D eigenvalue weighted by Gasteiger charge is -2.22. The van der Waals surface area contributed by atoms with Gasteiger partial charge < -0.3 is 10.5 Å². The highest BCUT2D eigenvalue weighted by Gasteiger charge is 2.47. The Morgan fingerprint density at radius 3 is 2.43 bits per heavy atom. The maximum absolute atomic E-state index is 11.6. The molecule has 1 aliphatic rings. The van der Waals surface area contributed by atoms with E-state index in [2.05, 4.69) is 6.58 Å². The van der Waals surface area contributed by atoms with E-state index in [1.54, 1.807) is 0 Å². The highest BCUT2D eigenvalue weighted by molar-refractivity contribution is 6.02. The van der Waals surface area contributed by atoms with Gasteiger partial charge in [0.25, 0.3) is 0 Å². The van der Waals surface area contributed by atoms with Gasteiger partial charge in [0.1, 0.15) is 12.0 Å². The molecule has 0 bridgehead atoms. The highest BCUT2D eigenvalue weighted by atomic mass is 16.5. The molecule has 1 rings (SSSR count). The van der Waals surface area contributed by atoms with Gasteiger partial charge in [0, 0.05) is 0 Å². The summed E-state index contributed by atoms with van der Waals surface area (Å²) in [6, 6.07) is 0. The Hall–Kier alpha value is -1.32. The van der Waals surface area contributed by atoms with Crippen LogP contribution in [0.3, 0.4) is 0 Å². The summed E-state index contributed by atoms with van der Waals surface area (Å²) in [5, 5.41) is 0.